The van der Waals surface area contributed by atoms with Gasteiger partial charge in [0.1, 0.15) is 0 Å². The van der Waals surface area contributed by atoms with Gasteiger partial charge in [-0.3, -0.25) is 10.0 Å². The molecule has 1 aliphatic heterocycles. The molecule has 5 heteroatoms. The van der Waals surface area contributed by atoms with Crippen molar-refractivity contribution in [2.45, 2.75) is 24.8 Å². The van der Waals surface area contributed by atoms with E-state index in [1.54, 1.807) is 12.1 Å². The van der Waals surface area contributed by atoms with Crippen molar-refractivity contribution in [1.29, 1.82) is 0 Å². The van der Waals surface area contributed by atoms with E-state index in [-0.39, 0.29) is 24.3 Å². The van der Waals surface area contributed by atoms with Gasteiger partial charge in [0.2, 0.25) is 5.91 Å². The number of carbonyl (C=O) groups is 1. The summed E-state index contributed by atoms with van der Waals surface area (Å²) in [6, 6.07) is 14.6. The maximum atomic E-state index is 11.9. The van der Waals surface area contributed by atoms with Gasteiger partial charge in [-0.2, -0.15) is 0 Å². The molecule has 1 heterocycles. The Kier molecular flexibility index (Phi) is 4.39. The molecule has 0 aromatic heterocycles. The molecule has 1 aliphatic rings. The summed E-state index contributed by atoms with van der Waals surface area (Å²) >= 11 is 12.1. The number of hydrogen-bond acceptors (Lipinski definition) is 2. The van der Waals surface area contributed by atoms with Crippen molar-refractivity contribution in [1.82, 2.24) is 5.06 Å². The zero-order chi connectivity index (χ0) is 15.7. The van der Waals surface area contributed by atoms with Crippen LogP contribution in [0.1, 0.15) is 23.5 Å². The highest BCUT2D eigenvalue weighted by Gasteiger charge is 2.40. The Morgan fingerprint density at radius 3 is 2.45 bits per heavy atom. The lowest BCUT2D eigenvalue weighted by molar-refractivity contribution is -0.165. The molecule has 0 aliphatic carbocycles. The van der Waals surface area contributed by atoms with E-state index < -0.39 is 0 Å². The van der Waals surface area contributed by atoms with Crippen molar-refractivity contribution >= 4 is 29.1 Å². The van der Waals surface area contributed by atoms with Crippen LogP contribution in [0.25, 0.3) is 0 Å². The quantitative estimate of drug-likeness (QED) is 0.849. The summed E-state index contributed by atoms with van der Waals surface area (Å²) in [6.07, 6.45) is 0.794. The monoisotopic (exact) mass is 335 g/mol. The number of halogens is 2. The number of hydrogen-bond donors (Lipinski definition) is 1. The van der Waals surface area contributed by atoms with Crippen LogP contribution in [0, 0.1) is 0 Å². The van der Waals surface area contributed by atoms with Crippen molar-refractivity contribution < 1.29 is 10.0 Å². The third kappa shape index (κ3) is 2.98. The molecule has 0 saturated carbocycles. The minimum atomic E-state index is -0.325. The van der Waals surface area contributed by atoms with Crippen molar-refractivity contribution in [3.05, 3.63) is 69.7 Å². The van der Waals surface area contributed by atoms with Gasteiger partial charge in [-0.1, -0.05) is 53.5 Å². The Balaban J connectivity index is 1.90. The number of carbonyl (C=O) groups excluding carboxylic acids is 1. The highest BCUT2D eigenvalue weighted by molar-refractivity contribution is 6.31. The molecule has 0 radical (unpaired) electrons. The van der Waals surface area contributed by atoms with Gasteiger partial charge in [-0.25, -0.2) is 5.06 Å². The Bertz CT molecular complexity index is 687. The number of nitrogens with zero attached hydrogens (tertiary/aromatic N) is 1. The van der Waals surface area contributed by atoms with Crippen LogP contribution in [0.15, 0.2) is 48.5 Å². The fraction of sp³-hybridized carbons (Fsp3) is 0.235. The minimum Gasteiger partial charge on any atom is -0.286 e. The third-order valence-corrected chi connectivity index (χ3v) is 4.73. The summed E-state index contributed by atoms with van der Waals surface area (Å²) in [7, 11) is 0. The van der Waals surface area contributed by atoms with E-state index in [1.165, 1.54) is 0 Å². The van der Waals surface area contributed by atoms with E-state index in [0.29, 0.717) is 16.5 Å². The van der Waals surface area contributed by atoms with Crippen molar-refractivity contribution in [3.8, 4) is 0 Å². The SMILES string of the molecule is O=C1C[C@H](c2ccc(Cl)cc2)[C@H](Cc2ccccc2Cl)N1O. The molecular formula is C17H15Cl2NO2. The zero-order valence-electron chi connectivity index (χ0n) is 11.7. The molecule has 0 spiro atoms. The molecule has 2 aromatic carbocycles. The molecule has 22 heavy (non-hydrogen) atoms. The Labute approximate surface area is 139 Å². The van der Waals surface area contributed by atoms with Crippen LogP contribution >= 0.6 is 23.2 Å². The lowest BCUT2D eigenvalue weighted by Gasteiger charge is -2.24. The van der Waals surface area contributed by atoms with Gasteiger partial charge in [0, 0.05) is 22.4 Å². The van der Waals surface area contributed by atoms with Crippen LogP contribution in [0.5, 0.6) is 0 Å². The van der Waals surface area contributed by atoms with E-state index in [9.17, 15) is 10.0 Å². The second-order valence-corrected chi connectivity index (χ2v) is 6.31. The topological polar surface area (TPSA) is 40.5 Å². The Hall–Kier alpha value is -1.55. The lowest BCUT2D eigenvalue weighted by atomic mass is 9.88. The van der Waals surface area contributed by atoms with E-state index in [2.05, 4.69) is 0 Å². The molecule has 1 fully saturated rings. The first-order valence-corrected chi connectivity index (χ1v) is 7.81. The number of hydroxylamine groups is 2. The highest BCUT2D eigenvalue weighted by atomic mass is 35.5. The molecule has 114 valence electrons. The van der Waals surface area contributed by atoms with E-state index in [1.807, 2.05) is 36.4 Å². The van der Waals surface area contributed by atoms with Gasteiger partial charge in [-0.15, -0.1) is 0 Å². The second kappa shape index (κ2) is 6.29. The third-order valence-electron chi connectivity index (χ3n) is 4.11. The summed E-state index contributed by atoms with van der Waals surface area (Å²) < 4.78 is 0. The molecule has 0 bridgehead atoms. The predicted octanol–water partition coefficient (Wildman–Crippen LogP) is 4.31. The largest absolute Gasteiger partial charge is 0.286 e. The molecule has 1 amide bonds. The fourth-order valence-corrected chi connectivity index (χ4v) is 3.28. The standard InChI is InChI=1S/C17H15Cl2NO2/c18-13-7-5-11(6-8-13)14-10-17(21)20(22)16(14)9-12-3-1-2-4-15(12)19/h1-8,14,16,22H,9-10H2/t14-,16+/m1/s1. The van der Waals surface area contributed by atoms with Gasteiger partial charge in [-0.05, 0) is 35.7 Å². The number of rotatable bonds is 3. The summed E-state index contributed by atoms with van der Waals surface area (Å²) in [6.45, 7) is 0. The van der Waals surface area contributed by atoms with E-state index in [0.717, 1.165) is 16.2 Å². The molecule has 1 saturated heterocycles. The van der Waals surface area contributed by atoms with Crippen molar-refractivity contribution in [3.63, 3.8) is 0 Å². The molecule has 3 rings (SSSR count). The molecule has 1 N–H and O–H groups in total. The molecule has 3 nitrogen and oxygen atoms in total. The van der Waals surface area contributed by atoms with Gasteiger partial charge in [0.15, 0.2) is 0 Å². The number of benzene rings is 2. The smallest absolute Gasteiger partial charge is 0.246 e. The van der Waals surface area contributed by atoms with E-state index in [4.69, 9.17) is 23.2 Å². The van der Waals surface area contributed by atoms with E-state index >= 15 is 0 Å². The summed E-state index contributed by atoms with van der Waals surface area (Å²) in [4.78, 5) is 11.9. The van der Waals surface area contributed by atoms with Gasteiger partial charge in [0.05, 0.1) is 6.04 Å². The molecule has 2 atom stereocenters. The number of amides is 1. The molecule has 0 unspecified atom stereocenters. The highest BCUT2D eigenvalue weighted by Crippen LogP contribution is 2.36. The van der Waals surface area contributed by atoms with Crippen LogP contribution in [0.4, 0.5) is 0 Å². The Morgan fingerprint density at radius 1 is 1.09 bits per heavy atom. The average molecular weight is 336 g/mol. The van der Waals surface area contributed by atoms with Crippen molar-refractivity contribution in [2.75, 3.05) is 0 Å². The first-order valence-electron chi connectivity index (χ1n) is 7.06. The predicted molar refractivity (Wildman–Crippen MR) is 86.4 cm³/mol. The fourth-order valence-electron chi connectivity index (χ4n) is 2.94. The Morgan fingerprint density at radius 2 is 1.77 bits per heavy atom. The molecular weight excluding hydrogens is 321 g/mol. The average Bonchev–Trinajstić information content (AvgIpc) is 2.79. The van der Waals surface area contributed by atoms with Crippen LogP contribution in [-0.4, -0.2) is 22.2 Å². The maximum Gasteiger partial charge on any atom is 0.246 e. The van der Waals surface area contributed by atoms with Crippen LogP contribution in [0.2, 0.25) is 10.0 Å². The van der Waals surface area contributed by atoms with Crippen LogP contribution < -0.4 is 0 Å². The second-order valence-electron chi connectivity index (χ2n) is 5.46. The van der Waals surface area contributed by atoms with Gasteiger partial charge in [0.25, 0.3) is 0 Å². The summed E-state index contributed by atoms with van der Waals surface area (Å²) in [5, 5.41) is 12.3. The summed E-state index contributed by atoms with van der Waals surface area (Å²) in [5.74, 6) is -0.344. The van der Waals surface area contributed by atoms with Gasteiger partial charge >= 0.3 is 0 Å². The zero-order valence-corrected chi connectivity index (χ0v) is 13.3. The minimum absolute atomic E-state index is 0.0777. The maximum absolute atomic E-state index is 11.9. The first kappa shape index (κ1) is 15.3. The lowest BCUT2D eigenvalue weighted by Crippen LogP contribution is -2.33. The summed E-state index contributed by atoms with van der Waals surface area (Å²) in [5.41, 5.74) is 1.91. The van der Waals surface area contributed by atoms with Crippen LogP contribution in [0.3, 0.4) is 0 Å². The normalized spacial score (nSPS) is 21.4. The van der Waals surface area contributed by atoms with Crippen molar-refractivity contribution in [2.24, 2.45) is 0 Å². The van der Waals surface area contributed by atoms with Gasteiger partial charge < -0.3 is 0 Å². The first-order chi connectivity index (χ1) is 10.6. The van der Waals surface area contributed by atoms with Crippen LogP contribution in [-0.2, 0) is 11.2 Å². The molecule has 2 aromatic rings.